The van der Waals surface area contributed by atoms with Gasteiger partial charge in [-0.05, 0) is 25.6 Å². The molecule has 1 unspecified atom stereocenters. The minimum atomic E-state index is -3.58. The van der Waals surface area contributed by atoms with Gasteiger partial charge in [-0.3, -0.25) is 9.88 Å². The van der Waals surface area contributed by atoms with Crippen LogP contribution in [0.2, 0.25) is 0 Å². The molecule has 1 atom stereocenters. The first-order valence-corrected chi connectivity index (χ1v) is 9.37. The third-order valence-corrected chi connectivity index (χ3v) is 6.51. The van der Waals surface area contributed by atoms with E-state index in [1.807, 2.05) is 0 Å². The van der Waals surface area contributed by atoms with Crippen molar-refractivity contribution in [3.05, 3.63) is 24.5 Å². The Morgan fingerprint density at radius 3 is 2.65 bits per heavy atom. The number of hydrogen-bond donors (Lipinski definition) is 1. The van der Waals surface area contributed by atoms with Crippen molar-refractivity contribution in [2.45, 2.75) is 16.9 Å². The highest BCUT2D eigenvalue weighted by Gasteiger charge is 2.42. The number of sulfonamides is 1. The van der Waals surface area contributed by atoms with Crippen molar-refractivity contribution < 1.29 is 13.5 Å². The van der Waals surface area contributed by atoms with E-state index in [0.717, 1.165) is 26.2 Å². The van der Waals surface area contributed by atoms with Gasteiger partial charge in [0.15, 0.2) is 0 Å². The number of nitrogens with zero attached hydrogens (tertiary/aromatic N) is 4. The third-order valence-electron chi connectivity index (χ3n) is 4.68. The molecule has 2 fully saturated rings. The SMILES string of the molecule is CN1CCN(CC2(O)CCN(S(=O)(=O)c3cccnc3)C2)CC1. The molecule has 23 heavy (non-hydrogen) atoms. The van der Waals surface area contributed by atoms with Crippen molar-refractivity contribution >= 4 is 10.0 Å². The van der Waals surface area contributed by atoms with Gasteiger partial charge in [-0.1, -0.05) is 0 Å². The Labute approximate surface area is 137 Å². The second kappa shape index (κ2) is 6.45. The third kappa shape index (κ3) is 3.72. The molecule has 2 aliphatic rings. The number of β-amino-alcohol motifs (C(OH)–C–C–N with tert-alkyl or cyclic N) is 1. The lowest BCUT2D eigenvalue weighted by Gasteiger charge is -2.36. The molecular formula is C15H24N4O3S. The molecular weight excluding hydrogens is 316 g/mol. The first kappa shape index (κ1) is 16.8. The Kier molecular flexibility index (Phi) is 4.70. The largest absolute Gasteiger partial charge is 0.387 e. The summed E-state index contributed by atoms with van der Waals surface area (Å²) in [6, 6.07) is 3.15. The maximum atomic E-state index is 12.6. The maximum absolute atomic E-state index is 12.6. The van der Waals surface area contributed by atoms with Gasteiger partial charge in [-0.25, -0.2) is 8.42 Å². The van der Waals surface area contributed by atoms with Gasteiger partial charge in [-0.15, -0.1) is 0 Å². The zero-order chi connectivity index (χ0) is 16.5. The molecule has 128 valence electrons. The minimum absolute atomic E-state index is 0.149. The van der Waals surface area contributed by atoms with Crippen LogP contribution in [0.15, 0.2) is 29.4 Å². The lowest BCUT2D eigenvalue weighted by atomic mass is 10.0. The highest BCUT2D eigenvalue weighted by molar-refractivity contribution is 7.89. The molecule has 0 spiro atoms. The van der Waals surface area contributed by atoms with Gasteiger partial charge in [0, 0.05) is 58.2 Å². The van der Waals surface area contributed by atoms with Gasteiger partial charge in [0.05, 0.1) is 5.60 Å². The van der Waals surface area contributed by atoms with Crippen molar-refractivity contribution in [3.8, 4) is 0 Å². The molecule has 0 amide bonds. The summed E-state index contributed by atoms with van der Waals surface area (Å²) < 4.78 is 26.6. The number of likely N-dealkylation sites (N-methyl/N-ethyl adjacent to an activating group) is 1. The molecule has 2 aliphatic heterocycles. The lowest BCUT2D eigenvalue weighted by Crippen LogP contribution is -2.52. The number of rotatable bonds is 4. The second-order valence-electron chi connectivity index (χ2n) is 6.58. The molecule has 0 saturated carbocycles. The first-order valence-electron chi connectivity index (χ1n) is 7.93. The summed E-state index contributed by atoms with van der Waals surface area (Å²) in [5.41, 5.74) is -0.967. The van der Waals surface area contributed by atoms with Crippen LogP contribution >= 0.6 is 0 Å². The summed E-state index contributed by atoms with van der Waals surface area (Å²) in [5.74, 6) is 0. The smallest absolute Gasteiger partial charge is 0.244 e. The van der Waals surface area contributed by atoms with E-state index in [1.54, 1.807) is 18.3 Å². The minimum Gasteiger partial charge on any atom is -0.387 e. The molecule has 7 nitrogen and oxygen atoms in total. The first-order chi connectivity index (χ1) is 10.9. The zero-order valence-electron chi connectivity index (χ0n) is 13.4. The van der Waals surface area contributed by atoms with E-state index < -0.39 is 15.6 Å². The average Bonchev–Trinajstić information content (AvgIpc) is 2.93. The number of aliphatic hydroxyl groups is 1. The summed E-state index contributed by atoms with van der Waals surface area (Å²) >= 11 is 0. The molecule has 0 aliphatic carbocycles. The monoisotopic (exact) mass is 340 g/mol. The maximum Gasteiger partial charge on any atom is 0.244 e. The normalized spacial score (nSPS) is 28.3. The standard InChI is InChI=1S/C15H24N4O3S/c1-17-7-9-18(10-8-17)12-15(20)4-6-19(13-15)23(21,22)14-3-2-5-16-11-14/h2-3,5,11,20H,4,6-10,12-13H2,1H3. The second-order valence-corrected chi connectivity index (χ2v) is 8.52. The van der Waals surface area contributed by atoms with Crippen LogP contribution in [0.1, 0.15) is 6.42 Å². The van der Waals surface area contributed by atoms with Crippen LogP contribution in [0, 0.1) is 0 Å². The van der Waals surface area contributed by atoms with Gasteiger partial charge in [0.1, 0.15) is 4.90 Å². The molecule has 2 saturated heterocycles. The quantitative estimate of drug-likeness (QED) is 0.793. The van der Waals surface area contributed by atoms with Crippen LogP contribution in [0.3, 0.4) is 0 Å². The number of piperazine rings is 1. The van der Waals surface area contributed by atoms with E-state index >= 15 is 0 Å². The Bertz CT molecular complexity index is 631. The van der Waals surface area contributed by atoms with E-state index in [9.17, 15) is 13.5 Å². The molecule has 0 radical (unpaired) electrons. The fourth-order valence-electron chi connectivity index (χ4n) is 3.22. The van der Waals surface area contributed by atoms with Gasteiger partial charge in [-0.2, -0.15) is 4.31 Å². The number of hydrogen-bond acceptors (Lipinski definition) is 6. The molecule has 1 aromatic heterocycles. The van der Waals surface area contributed by atoms with Gasteiger partial charge >= 0.3 is 0 Å². The van der Waals surface area contributed by atoms with E-state index in [0.29, 0.717) is 19.5 Å². The van der Waals surface area contributed by atoms with Crippen LogP contribution in [0.4, 0.5) is 0 Å². The van der Waals surface area contributed by atoms with Crippen molar-refractivity contribution in [1.29, 1.82) is 0 Å². The summed E-state index contributed by atoms with van der Waals surface area (Å²) in [7, 11) is -1.49. The summed E-state index contributed by atoms with van der Waals surface area (Å²) in [4.78, 5) is 8.54. The summed E-state index contributed by atoms with van der Waals surface area (Å²) in [6.45, 7) is 4.81. The predicted molar refractivity (Wildman–Crippen MR) is 86.5 cm³/mol. The summed E-state index contributed by atoms with van der Waals surface area (Å²) in [6.07, 6.45) is 3.37. The number of pyridine rings is 1. The van der Waals surface area contributed by atoms with Gasteiger partial charge in [0.25, 0.3) is 0 Å². The van der Waals surface area contributed by atoms with Crippen LogP contribution < -0.4 is 0 Å². The van der Waals surface area contributed by atoms with Gasteiger partial charge < -0.3 is 10.0 Å². The molecule has 3 rings (SSSR count). The van der Waals surface area contributed by atoms with E-state index in [1.165, 1.54) is 10.5 Å². The Morgan fingerprint density at radius 1 is 1.26 bits per heavy atom. The van der Waals surface area contributed by atoms with Crippen molar-refractivity contribution in [2.24, 2.45) is 0 Å². The molecule has 1 aromatic rings. The highest BCUT2D eigenvalue weighted by Crippen LogP contribution is 2.28. The molecule has 8 heteroatoms. The van der Waals surface area contributed by atoms with Crippen LogP contribution in [0.5, 0.6) is 0 Å². The Balaban J connectivity index is 1.65. The van der Waals surface area contributed by atoms with Crippen molar-refractivity contribution in [3.63, 3.8) is 0 Å². The topological polar surface area (TPSA) is 77.0 Å². The molecule has 3 heterocycles. The average molecular weight is 340 g/mol. The van der Waals surface area contributed by atoms with Crippen molar-refractivity contribution in [2.75, 3.05) is 52.9 Å². The Morgan fingerprint density at radius 2 is 2.00 bits per heavy atom. The molecule has 1 N–H and O–H groups in total. The predicted octanol–water partition coefficient (Wildman–Crippen LogP) is -0.545. The zero-order valence-corrected chi connectivity index (χ0v) is 14.2. The molecule has 0 aromatic carbocycles. The van der Waals surface area contributed by atoms with Crippen LogP contribution in [-0.4, -0.2) is 91.1 Å². The van der Waals surface area contributed by atoms with Crippen LogP contribution in [-0.2, 0) is 10.0 Å². The molecule has 0 bridgehead atoms. The fraction of sp³-hybridized carbons (Fsp3) is 0.667. The van der Waals surface area contributed by atoms with Crippen LogP contribution in [0.25, 0.3) is 0 Å². The lowest BCUT2D eigenvalue weighted by molar-refractivity contribution is 0.00424. The fourth-order valence-corrected chi connectivity index (χ4v) is 4.71. The highest BCUT2D eigenvalue weighted by atomic mass is 32.2. The van der Waals surface area contributed by atoms with E-state index in [4.69, 9.17) is 0 Å². The van der Waals surface area contributed by atoms with E-state index in [-0.39, 0.29) is 11.4 Å². The van der Waals surface area contributed by atoms with Gasteiger partial charge in [0.2, 0.25) is 10.0 Å². The van der Waals surface area contributed by atoms with Crippen molar-refractivity contribution in [1.82, 2.24) is 19.1 Å². The number of aromatic nitrogens is 1. The summed E-state index contributed by atoms with van der Waals surface area (Å²) in [5, 5.41) is 10.8. The Hall–Kier alpha value is -1.06. The van der Waals surface area contributed by atoms with E-state index in [2.05, 4.69) is 21.8 Å².